The zero-order chi connectivity index (χ0) is 12.6. The molecule has 1 aliphatic carbocycles. The number of amides is 1. The average Bonchev–Trinajstić information content (AvgIpc) is 3.00. The van der Waals surface area contributed by atoms with Crippen LogP contribution in [0.5, 0.6) is 0 Å². The Balaban J connectivity index is 2.10. The van der Waals surface area contributed by atoms with Crippen molar-refractivity contribution in [3.63, 3.8) is 0 Å². The quantitative estimate of drug-likeness (QED) is 0.767. The molecule has 1 heterocycles. The molecule has 0 saturated heterocycles. The van der Waals surface area contributed by atoms with Crippen molar-refractivity contribution in [3.05, 3.63) is 19.2 Å². The average molecular weight is 398 g/mol. The first kappa shape index (κ1) is 13.5. The molecule has 1 aromatic rings. The van der Waals surface area contributed by atoms with E-state index in [0.717, 1.165) is 20.4 Å². The SMILES string of the molecule is NC(=S)C(NC(=O)c1cc(Br)sc1Br)C1CC1. The van der Waals surface area contributed by atoms with E-state index in [-0.39, 0.29) is 11.9 Å². The molecule has 0 radical (unpaired) electrons. The molecule has 92 valence electrons. The molecule has 0 bridgehead atoms. The van der Waals surface area contributed by atoms with Gasteiger partial charge in [-0.3, -0.25) is 4.79 Å². The molecule has 1 fully saturated rings. The predicted molar refractivity (Wildman–Crippen MR) is 80.5 cm³/mol. The van der Waals surface area contributed by atoms with Crippen molar-refractivity contribution < 1.29 is 4.79 Å². The van der Waals surface area contributed by atoms with E-state index < -0.39 is 0 Å². The van der Waals surface area contributed by atoms with E-state index in [1.165, 1.54) is 11.3 Å². The summed E-state index contributed by atoms with van der Waals surface area (Å²) in [4.78, 5) is 12.4. The van der Waals surface area contributed by atoms with Crippen LogP contribution in [-0.4, -0.2) is 16.9 Å². The van der Waals surface area contributed by atoms with Gasteiger partial charge in [-0.1, -0.05) is 12.2 Å². The van der Waals surface area contributed by atoms with Gasteiger partial charge in [-0.25, -0.2) is 0 Å². The molecule has 1 unspecified atom stereocenters. The Labute approximate surface area is 125 Å². The highest BCUT2D eigenvalue weighted by atomic mass is 79.9. The van der Waals surface area contributed by atoms with Crippen molar-refractivity contribution in [3.8, 4) is 0 Å². The molecule has 1 aromatic heterocycles. The van der Waals surface area contributed by atoms with E-state index in [2.05, 4.69) is 37.2 Å². The molecule has 3 nitrogen and oxygen atoms in total. The lowest BCUT2D eigenvalue weighted by Gasteiger charge is -2.16. The summed E-state index contributed by atoms with van der Waals surface area (Å²) in [5.74, 6) is 0.279. The summed E-state index contributed by atoms with van der Waals surface area (Å²) in [6.45, 7) is 0. The Morgan fingerprint density at radius 1 is 1.59 bits per heavy atom. The van der Waals surface area contributed by atoms with Crippen LogP contribution in [0.3, 0.4) is 0 Å². The van der Waals surface area contributed by atoms with E-state index >= 15 is 0 Å². The second kappa shape index (κ2) is 5.34. The van der Waals surface area contributed by atoms with Crippen LogP contribution in [0.15, 0.2) is 13.6 Å². The van der Waals surface area contributed by atoms with E-state index in [1.807, 2.05) is 0 Å². The predicted octanol–water partition coefficient (Wildman–Crippen LogP) is 3.07. The molecule has 0 aromatic carbocycles. The third-order valence-corrected chi connectivity index (χ3v) is 5.18. The van der Waals surface area contributed by atoms with Gasteiger partial charge in [0.25, 0.3) is 5.91 Å². The lowest BCUT2D eigenvalue weighted by Crippen LogP contribution is -2.45. The van der Waals surface area contributed by atoms with Gasteiger partial charge in [0.15, 0.2) is 0 Å². The molecule has 7 heteroatoms. The second-order valence-electron chi connectivity index (χ2n) is 3.93. The fraction of sp³-hybridized carbons (Fsp3) is 0.400. The first-order valence-corrected chi connectivity index (χ1v) is 7.85. The topological polar surface area (TPSA) is 55.1 Å². The summed E-state index contributed by atoms with van der Waals surface area (Å²) in [7, 11) is 0. The van der Waals surface area contributed by atoms with Crippen molar-refractivity contribution in [1.82, 2.24) is 5.32 Å². The van der Waals surface area contributed by atoms with Crippen LogP contribution in [0, 0.1) is 5.92 Å². The van der Waals surface area contributed by atoms with Crippen LogP contribution >= 0.6 is 55.4 Å². The van der Waals surface area contributed by atoms with Crippen LogP contribution in [-0.2, 0) is 0 Å². The number of rotatable bonds is 4. The molecule has 1 aliphatic rings. The summed E-state index contributed by atoms with van der Waals surface area (Å²) in [5, 5.41) is 2.90. The number of carbonyl (C=O) groups is 1. The third-order valence-electron chi connectivity index (χ3n) is 2.59. The number of hydrogen-bond acceptors (Lipinski definition) is 3. The van der Waals surface area contributed by atoms with Gasteiger partial charge < -0.3 is 11.1 Å². The summed E-state index contributed by atoms with van der Waals surface area (Å²) >= 11 is 13.2. The number of carbonyl (C=O) groups excluding carboxylic acids is 1. The number of nitrogens with one attached hydrogen (secondary N) is 1. The maximum atomic E-state index is 12.1. The minimum Gasteiger partial charge on any atom is -0.392 e. The van der Waals surface area contributed by atoms with Crippen molar-refractivity contribution >= 4 is 66.3 Å². The molecule has 2 rings (SSSR count). The molecule has 1 atom stereocenters. The molecule has 1 saturated carbocycles. The third kappa shape index (κ3) is 3.27. The van der Waals surface area contributed by atoms with E-state index in [9.17, 15) is 4.79 Å². The zero-order valence-corrected chi connectivity index (χ0v) is 13.5. The standard InChI is InChI=1S/C10H10Br2N2OS2/c11-6-3-5(8(12)17-6)10(15)14-7(9(13)16)4-1-2-4/h3-4,7H,1-2H2,(H2,13,16)(H,14,15). The van der Waals surface area contributed by atoms with E-state index in [0.29, 0.717) is 16.5 Å². The first-order valence-electron chi connectivity index (χ1n) is 5.04. The molecule has 17 heavy (non-hydrogen) atoms. The van der Waals surface area contributed by atoms with Crippen LogP contribution in [0.2, 0.25) is 0 Å². The van der Waals surface area contributed by atoms with E-state index in [4.69, 9.17) is 18.0 Å². The highest BCUT2D eigenvalue weighted by Crippen LogP contribution is 2.34. The summed E-state index contributed by atoms with van der Waals surface area (Å²) in [6.07, 6.45) is 2.16. The number of thiophene rings is 1. The largest absolute Gasteiger partial charge is 0.392 e. The lowest BCUT2D eigenvalue weighted by molar-refractivity contribution is 0.0943. The Hall–Kier alpha value is 0.0200. The molecule has 0 spiro atoms. The molecular formula is C10H10Br2N2OS2. The molecule has 3 N–H and O–H groups in total. The van der Waals surface area contributed by atoms with Gasteiger partial charge >= 0.3 is 0 Å². The Kier molecular flexibility index (Phi) is 4.22. The summed E-state index contributed by atoms with van der Waals surface area (Å²) in [5.41, 5.74) is 6.26. The van der Waals surface area contributed by atoms with Crippen LogP contribution in [0.25, 0.3) is 0 Å². The van der Waals surface area contributed by atoms with Crippen LogP contribution < -0.4 is 11.1 Å². The van der Waals surface area contributed by atoms with Gasteiger partial charge in [0.1, 0.15) is 0 Å². The fourth-order valence-corrected chi connectivity index (χ4v) is 4.61. The lowest BCUT2D eigenvalue weighted by atomic mass is 10.1. The highest BCUT2D eigenvalue weighted by Gasteiger charge is 2.34. The van der Waals surface area contributed by atoms with Crippen LogP contribution in [0.1, 0.15) is 23.2 Å². The summed E-state index contributed by atoms with van der Waals surface area (Å²) in [6, 6.07) is 1.61. The van der Waals surface area contributed by atoms with Gasteiger partial charge in [-0.2, -0.15) is 0 Å². The normalized spacial score (nSPS) is 16.6. The summed E-state index contributed by atoms with van der Waals surface area (Å²) < 4.78 is 1.71. The van der Waals surface area contributed by atoms with Gasteiger partial charge in [0.2, 0.25) is 0 Å². The Bertz CT molecular complexity index is 471. The highest BCUT2D eigenvalue weighted by molar-refractivity contribution is 9.12. The molecule has 1 amide bonds. The minimum atomic E-state index is -0.178. The fourth-order valence-electron chi connectivity index (χ4n) is 1.56. The number of halogens is 2. The molecule has 0 aliphatic heterocycles. The minimum absolute atomic E-state index is 0.136. The number of nitrogens with two attached hydrogens (primary N) is 1. The van der Waals surface area contributed by atoms with Gasteiger partial charge in [-0.05, 0) is 56.7 Å². The second-order valence-corrected chi connectivity index (χ2v) is 8.15. The maximum Gasteiger partial charge on any atom is 0.253 e. The number of thiocarbonyl (C=S) groups is 1. The van der Waals surface area contributed by atoms with Crippen molar-refractivity contribution in [1.29, 1.82) is 0 Å². The van der Waals surface area contributed by atoms with E-state index in [1.54, 1.807) is 6.07 Å². The van der Waals surface area contributed by atoms with Crippen molar-refractivity contribution in [2.75, 3.05) is 0 Å². The molecular weight excluding hydrogens is 388 g/mol. The maximum absolute atomic E-state index is 12.1. The van der Waals surface area contributed by atoms with Crippen molar-refractivity contribution in [2.24, 2.45) is 11.7 Å². The van der Waals surface area contributed by atoms with Gasteiger partial charge in [0.05, 0.1) is 24.2 Å². The van der Waals surface area contributed by atoms with Crippen molar-refractivity contribution in [2.45, 2.75) is 18.9 Å². The first-order chi connectivity index (χ1) is 7.99. The monoisotopic (exact) mass is 396 g/mol. The van der Waals surface area contributed by atoms with Gasteiger partial charge in [-0.15, -0.1) is 11.3 Å². The number of hydrogen-bond donors (Lipinski definition) is 2. The Morgan fingerprint density at radius 3 is 2.65 bits per heavy atom. The zero-order valence-electron chi connectivity index (χ0n) is 8.70. The van der Waals surface area contributed by atoms with Gasteiger partial charge in [0, 0.05) is 0 Å². The van der Waals surface area contributed by atoms with Crippen LogP contribution in [0.4, 0.5) is 0 Å². The Morgan fingerprint density at radius 2 is 2.24 bits per heavy atom. The smallest absolute Gasteiger partial charge is 0.253 e.